The van der Waals surface area contributed by atoms with E-state index in [0.717, 1.165) is 26.2 Å². The zero-order valence-corrected chi connectivity index (χ0v) is 12.4. The van der Waals surface area contributed by atoms with E-state index in [1.54, 1.807) is 6.92 Å². The predicted molar refractivity (Wildman–Crippen MR) is 78.5 cm³/mol. The Morgan fingerprint density at radius 3 is 2.30 bits per heavy atom. The van der Waals surface area contributed by atoms with Crippen LogP contribution >= 0.6 is 0 Å². The van der Waals surface area contributed by atoms with Gasteiger partial charge in [0, 0.05) is 57.6 Å². The lowest BCUT2D eigenvalue weighted by Crippen LogP contribution is -2.50. The number of hydrogen-bond acceptors (Lipinski definition) is 3. The molecule has 1 amide bonds. The second kappa shape index (κ2) is 6.90. The van der Waals surface area contributed by atoms with E-state index in [0.29, 0.717) is 13.0 Å². The summed E-state index contributed by atoms with van der Waals surface area (Å²) in [4.78, 5) is 16.4. The molecule has 0 saturated carbocycles. The van der Waals surface area contributed by atoms with E-state index in [4.69, 9.17) is 0 Å². The molecule has 5 nitrogen and oxygen atoms in total. The molecule has 1 saturated heterocycles. The summed E-state index contributed by atoms with van der Waals surface area (Å²) in [5, 5.41) is 9.38. The molecular formula is C15H25N3O2. The maximum atomic E-state index is 12.3. The van der Waals surface area contributed by atoms with Gasteiger partial charge in [-0.2, -0.15) is 0 Å². The number of amides is 1. The van der Waals surface area contributed by atoms with Crippen LogP contribution in [-0.2, 0) is 4.79 Å². The monoisotopic (exact) mass is 279 g/mol. The molecule has 112 valence electrons. The topological polar surface area (TPSA) is 48.7 Å². The lowest BCUT2D eigenvalue weighted by Gasteiger charge is -2.35. The third-order valence-corrected chi connectivity index (χ3v) is 3.85. The average molecular weight is 279 g/mol. The summed E-state index contributed by atoms with van der Waals surface area (Å²) in [5.74, 6) is 0.225. The number of piperazine rings is 1. The van der Waals surface area contributed by atoms with Crippen molar-refractivity contribution in [3.05, 3.63) is 24.5 Å². The van der Waals surface area contributed by atoms with Crippen LogP contribution in [0.3, 0.4) is 0 Å². The van der Waals surface area contributed by atoms with Crippen molar-refractivity contribution >= 4 is 5.91 Å². The summed E-state index contributed by atoms with van der Waals surface area (Å²) in [7, 11) is 0. The van der Waals surface area contributed by atoms with Crippen molar-refractivity contribution < 1.29 is 9.90 Å². The zero-order valence-electron chi connectivity index (χ0n) is 12.4. The second-order valence-corrected chi connectivity index (χ2v) is 5.71. The molecule has 2 atom stereocenters. The average Bonchev–Trinajstić information content (AvgIpc) is 2.92. The van der Waals surface area contributed by atoms with Gasteiger partial charge in [-0.05, 0) is 26.0 Å². The molecule has 2 heterocycles. The third-order valence-electron chi connectivity index (χ3n) is 3.85. The minimum atomic E-state index is -0.300. The summed E-state index contributed by atoms with van der Waals surface area (Å²) in [5.41, 5.74) is 0. The van der Waals surface area contributed by atoms with Gasteiger partial charge < -0.3 is 14.6 Å². The zero-order chi connectivity index (χ0) is 14.5. The lowest BCUT2D eigenvalue weighted by molar-refractivity contribution is -0.133. The van der Waals surface area contributed by atoms with Gasteiger partial charge in [0.25, 0.3) is 0 Å². The fourth-order valence-corrected chi connectivity index (χ4v) is 2.68. The Morgan fingerprint density at radius 2 is 1.75 bits per heavy atom. The molecule has 0 bridgehead atoms. The van der Waals surface area contributed by atoms with Crippen LogP contribution in [0.15, 0.2) is 24.5 Å². The Kier molecular flexibility index (Phi) is 5.20. The smallest absolute Gasteiger partial charge is 0.224 e. The molecule has 1 aromatic rings. The summed E-state index contributed by atoms with van der Waals surface area (Å²) in [6, 6.07) is 4.17. The maximum absolute atomic E-state index is 12.3. The van der Waals surface area contributed by atoms with Gasteiger partial charge in [-0.25, -0.2) is 0 Å². The molecule has 1 N–H and O–H groups in total. The molecule has 0 unspecified atom stereocenters. The van der Waals surface area contributed by atoms with E-state index in [1.807, 2.05) is 29.4 Å². The number of aliphatic hydroxyl groups excluding tert-OH is 1. The van der Waals surface area contributed by atoms with Crippen molar-refractivity contribution in [1.29, 1.82) is 0 Å². The minimum Gasteiger partial charge on any atom is -0.392 e. The van der Waals surface area contributed by atoms with Crippen molar-refractivity contribution in [3.8, 4) is 0 Å². The quantitative estimate of drug-likeness (QED) is 0.873. The first kappa shape index (κ1) is 15.1. The number of hydrogen-bond donors (Lipinski definition) is 1. The fraction of sp³-hybridized carbons (Fsp3) is 0.667. The van der Waals surface area contributed by atoms with Gasteiger partial charge in [-0.1, -0.05) is 0 Å². The van der Waals surface area contributed by atoms with Gasteiger partial charge in [0.05, 0.1) is 6.10 Å². The summed E-state index contributed by atoms with van der Waals surface area (Å²) in [6.07, 6.45) is 4.24. The number of carbonyl (C=O) groups excluding carboxylic acids is 1. The fourth-order valence-electron chi connectivity index (χ4n) is 2.68. The molecule has 2 rings (SSSR count). The van der Waals surface area contributed by atoms with Gasteiger partial charge in [-0.15, -0.1) is 0 Å². The SMILES string of the molecule is C[C@H](O)CN1CCN(C(=O)C[C@@H](C)n2cccc2)CC1. The van der Waals surface area contributed by atoms with Gasteiger partial charge in [0.1, 0.15) is 0 Å². The molecule has 1 aliphatic heterocycles. The van der Waals surface area contributed by atoms with Crippen LogP contribution in [0.25, 0.3) is 0 Å². The molecule has 0 spiro atoms. The molecule has 20 heavy (non-hydrogen) atoms. The van der Waals surface area contributed by atoms with Crippen molar-refractivity contribution in [2.75, 3.05) is 32.7 Å². The summed E-state index contributed by atoms with van der Waals surface area (Å²) in [6.45, 7) is 7.82. The van der Waals surface area contributed by atoms with Crippen molar-refractivity contribution in [2.45, 2.75) is 32.4 Å². The van der Waals surface area contributed by atoms with E-state index in [9.17, 15) is 9.90 Å². The number of aromatic nitrogens is 1. The highest BCUT2D eigenvalue weighted by molar-refractivity contribution is 5.76. The van der Waals surface area contributed by atoms with Crippen LogP contribution in [0.1, 0.15) is 26.3 Å². The lowest BCUT2D eigenvalue weighted by atomic mass is 10.2. The van der Waals surface area contributed by atoms with Crippen LogP contribution in [0.4, 0.5) is 0 Å². The standard InChI is InChI=1S/C15H25N3O2/c1-13(17-5-3-4-6-17)11-15(20)18-9-7-16(8-10-18)12-14(2)19/h3-6,13-14,19H,7-12H2,1-2H3/t13-,14+/m1/s1. The highest BCUT2D eigenvalue weighted by Gasteiger charge is 2.22. The van der Waals surface area contributed by atoms with Crippen LogP contribution < -0.4 is 0 Å². The van der Waals surface area contributed by atoms with E-state index >= 15 is 0 Å². The van der Waals surface area contributed by atoms with Gasteiger partial charge in [-0.3, -0.25) is 9.69 Å². The van der Waals surface area contributed by atoms with Gasteiger partial charge in [0.2, 0.25) is 5.91 Å². The molecule has 0 aliphatic carbocycles. The molecule has 1 fully saturated rings. The van der Waals surface area contributed by atoms with E-state index < -0.39 is 0 Å². The molecule has 0 radical (unpaired) electrons. The van der Waals surface area contributed by atoms with Crippen molar-refractivity contribution in [1.82, 2.24) is 14.4 Å². The molecule has 1 aromatic heterocycles. The molecule has 5 heteroatoms. The summed E-state index contributed by atoms with van der Waals surface area (Å²) >= 11 is 0. The van der Waals surface area contributed by atoms with E-state index in [2.05, 4.69) is 16.4 Å². The van der Waals surface area contributed by atoms with Gasteiger partial charge >= 0.3 is 0 Å². The Morgan fingerprint density at radius 1 is 1.15 bits per heavy atom. The number of rotatable bonds is 5. The number of β-amino-alcohol motifs (C(OH)–C–C–N with tert-alkyl or cyclic N) is 1. The molecule has 1 aliphatic rings. The van der Waals surface area contributed by atoms with Crippen LogP contribution in [-0.4, -0.2) is 64.2 Å². The number of carbonyl (C=O) groups is 1. The molecule has 0 aromatic carbocycles. The van der Waals surface area contributed by atoms with Gasteiger partial charge in [0.15, 0.2) is 0 Å². The van der Waals surface area contributed by atoms with E-state index in [1.165, 1.54) is 0 Å². The van der Waals surface area contributed by atoms with Crippen LogP contribution in [0, 0.1) is 0 Å². The largest absolute Gasteiger partial charge is 0.392 e. The van der Waals surface area contributed by atoms with E-state index in [-0.39, 0.29) is 18.1 Å². The Bertz CT molecular complexity index is 409. The highest BCUT2D eigenvalue weighted by Crippen LogP contribution is 2.14. The maximum Gasteiger partial charge on any atom is 0.224 e. The summed E-state index contributed by atoms with van der Waals surface area (Å²) < 4.78 is 2.07. The number of nitrogens with zero attached hydrogens (tertiary/aromatic N) is 3. The second-order valence-electron chi connectivity index (χ2n) is 5.71. The Hall–Kier alpha value is -1.33. The first-order valence-corrected chi connectivity index (χ1v) is 7.37. The van der Waals surface area contributed by atoms with Crippen molar-refractivity contribution in [3.63, 3.8) is 0 Å². The normalized spacial score (nSPS) is 19.9. The third kappa shape index (κ3) is 4.08. The Balaban J connectivity index is 1.77. The first-order chi connectivity index (χ1) is 9.56. The predicted octanol–water partition coefficient (Wildman–Crippen LogP) is 0.964. The first-order valence-electron chi connectivity index (χ1n) is 7.37. The molecular weight excluding hydrogens is 254 g/mol. The van der Waals surface area contributed by atoms with Crippen LogP contribution in [0.2, 0.25) is 0 Å². The number of aliphatic hydroxyl groups is 1. The highest BCUT2D eigenvalue weighted by atomic mass is 16.3. The minimum absolute atomic E-state index is 0.202. The van der Waals surface area contributed by atoms with Crippen LogP contribution in [0.5, 0.6) is 0 Å². The Labute approximate surface area is 120 Å². The van der Waals surface area contributed by atoms with Crippen molar-refractivity contribution in [2.24, 2.45) is 0 Å².